The van der Waals surface area contributed by atoms with E-state index in [0.29, 0.717) is 5.56 Å². The molecular formula is C17H16F2O. The topological polar surface area (TPSA) is 17.1 Å². The van der Waals surface area contributed by atoms with Crippen molar-refractivity contribution in [1.29, 1.82) is 0 Å². The maximum Gasteiger partial charge on any atom is 0.196 e. The first-order valence-corrected chi connectivity index (χ1v) is 6.39. The molecule has 0 aliphatic rings. The molecule has 104 valence electrons. The number of aryl methyl sites for hydroxylation is 4. The molecule has 0 aromatic heterocycles. The van der Waals surface area contributed by atoms with Crippen LogP contribution in [0.4, 0.5) is 8.78 Å². The van der Waals surface area contributed by atoms with Crippen molar-refractivity contribution in [2.75, 3.05) is 0 Å². The lowest BCUT2D eigenvalue weighted by atomic mass is 9.92. The van der Waals surface area contributed by atoms with Gasteiger partial charge >= 0.3 is 0 Å². The van der Waals surface area contributed by atoms with E-state index in [1.807, 2.05) is 19.1 Å². The zero-order chi connectivity index (χ0) is 15.0. The maximum atomic E-state index is 13.9. The van der Waals surface area contributed by atoms with Crippen LogP contribution in [0, 0.1) is 39.3 Å². The Morgan fingerprint density at radius 1 is 0.800 bits per heavy atom. The van der Waals surface area contributed by atoms with Crippen molar-refractivity contribution in [1.82, 2.24) is 0 Å². The van der Waals surface area contributed by atoms with Crippen LogP contribution in [0.3, 0.4) is 0 Å². The van der Waals surface area contributed by atoms with E-state index in [4.69, 9.17) is 0 Å². The Bertz CT molecular complexity index is 679. The molecule has 0 radical (unpaired) electrons. The van der Waals surface area contributed by atoms with Crippen molar-refractivity contribution in [3.8, 4) is 0 Å². The van der Waals surface area contributed by atoms with E-state index < -0.39 is 17.4 Å². The molecule has 0 bridgehead atoms. The van der Waals surface area contributed by atoms with Gasteiger partial charge in [-0.05, 0) is 56.5 Å². The van der Waals surface area contributed by atoms with Gasteiger partial charge in [0.15, 0.2) is 5.78 Å². The Morgan fingerprint density at radius 3 is 1.90 bits per heavy atom. The Hall–Kier alpha value is -2.03. The second-order valence-corrected chi connectivity index (χ2v) is 5.18. The highest BCUT2D eigenvalue weighted by molar-refractivity contribution is 6.11. The molecule has 2 aromatic carbocycles. The van der Waals surface area contributed by atoms with Gasteiger partial charge in [-0.15, -0.1) is 0 Å². The summed E-state index contributed by atoms with van der Waals surface area (Å²) in [5, 5.41) is 0. The summed E-state index contributed by atoms with van der Waals surface area (Å²) in [6.07, 6.45) is 0. The molecule has 0 N–H and O–H groups in total. The minimum Gasteiger partial charge on any atom is -0.288 e. The first-order chi connectivity index (χ1) is 9.31. The molecule has 0 spiro atoms. The van der Waals surface area contributed by atoms with E-state index >= 15 is 0 Å². The van der Waals surface area contributed by atoms with Gasteiger partial charge in [-0.2, -0.15) is 0 Å². The zero-order valence-corrected chi connectivity index (χ0v) is 12.0. The highest BCUT2D eigenvalue weighted by atomic mass is 19.1. The Balaban J connectivity index is 2.61. The van der Waals surface area contributed by atoms with Gasteiger partial charge in [0, 0.05) is 5.56 Å². The number of ketones is 1. The van der Waals surface area contributed by atoms with Gasteiger partial charge in [-0.3, -0.25) is 4.79 Å². The number of benzene rings is 2. The summed E-state index contributed by atoms with van der Waals surface area (Å²) in [4.78, 5) is 12.5. The van der Waals surface area contributed by atoms with Crippen LogP contribution in [0.15, 0.2) is 24.3 Å². The van der Waals surface area contributed by atoms with Crippen molar-refractivity contribution >= 4 is 5.78 Å². The Morgan fingerprint density at radius 2 is 1.35 bits per heavy atom. The third kappa shape index (κ3) is 2.48. The van der Waals surface area contributed by atoms with Crippen LogP contribution in [0.5, 0.6) is 0 Å². The lowest BCUT2D eigenvalue weighted by Crippen LogP contribution is -2.10. The molecule has 0 fully saturated rings. The predicted octanol–water partition coefficient (Wildman–Crippen LogP) is 4.43. The highest BCUT2D eigenvalue weighted by Gasteiger charge is 2.20. The van der Waals surface area contributed by atoms with Gasteiger partial charge in [0.25, 0.3) is 0 Å². The van der Waals surface area contributed by atoms with E-state index in [1.165, 1.54) is 6.92 Å². The molecule has 0 aliphatic heterocycles. The molecule has 2 aromatic rings. The fraction of sp³-hybridized carbons (Fsp3) is 0.235. The van der Waals surface area contributed by atoms with Gasteiger partial charge in [-0.1, -0.05) is 17.7 Å². The van der Waals surface area contributed by atoms with Crippen molar-refractivity contribution < 1.29 is 13.6 Å². The molecule has 20 heavy (non-hydrogen) atoms. The van der Waals surface area contributed by atoms with Crippen LogP contribution < -0.4 is 0 Å². The minimum absolute atomic E-state index is 0.191. The molecule has 0 saturated carbocycles. The highest BCUT2D eigenvalue weighted by Crippen LogP contribution is 2.23. The summed E-state index contributed by atoms with van der Waals surface area (Å²) in [6.45, 7) is 7.00. The van der Waals surface area contributed by atoms with Crippen molar-refractivity contribution in [3.05, 3.63) is 69.3 Å². The van der Waals surface area contributed by atoms with Crippen LogP contribution in [0.2, 0.25) is 0 Å². The van der Waals surface area contributed by atoms with E-state index in [2.05, 4.69) is 0 Å². The van der Waals surface area contributed by atoms with Crippen LogP contribution in [0.1, 0.15) is 38.2 Å². The van der Waals surface area contributed by atoms with Crippen LogP contribution >= 0.6 is 0 Å². The first kappa shape index (κ1) is 14.4. The molecule has 0 amide bonds. The average Bonchev–Trinajstić information content (AvgIpc) is 2.32. The lowest BCUT2D eigenvalue weighted by molar-refractivity contribution is 0.103. The molecule has 0 heterocycles. The monoisotopic (exact) mass is 274 g/mol. The van der Waals surface area contributed by atoms with Crippen LogP contribution in [0.25, 0.3) is 0 Å². The summed E-state index contributed by atoms with van der Waals surface area (Å²) in [6, 6.07) is 5.76. The SMILES string of the molecule is Cc1cc(C)c(C(=O)c2cc(F)c(C)cc2F)c(C)c1. The molecule has 0 atom stereocenters. The number of carbonyl (C=O) groups is 1. The Labute approximate surface area is 117 Å². The summed E-state index contributed by atoms with van der Waals surface area (Å²) in [5.74, 6) is -1.73. The summed E-state index contributed by atoms with van der Waals surface area (Å²) < 4.78 is 27.5. The molecule has 1 nitrogen and oxygen atoms in total. The van der Waals surface area contributed by atoms with Gasteiger partial charge < -0.3 is 0 Å². The quantitative estimate of drug-likeness (QED) is 0.740. The standard InChI is InChI=1S/C17H16F2O/c1-9-5-11(3)16(12(4)6-9)17(20)13-8-14(18)10(2)7-15(13)19/h5-8H,1-4H3. The molecule has 0 saturated heterocycles. The Kier molecular flexibility index (Phi) is 3.71. The van der Waals surface area contributed by atoms with E-state index in [0.717, 1.165) is 28.8 Å². The molecule has 3 heteroatoms. The fourth-order valence-corrected chi connectivity index (χ4v) is 2.49. The van der Waals surface area contributed by atoms with E-state index in [-0.39, 0.29) is 11.1 Å². The summed E-state index contributed by atoms with van der Waals surface area (Å²) >= 11 is 0. The number of hydrogen-bond donors (Lipinski definition) is 0. The van der Waals surface area contributed by atoms with E-state index in [9.17, 15) is 13.6 Å². The van der Waals surface area contributed by atoms with Crippen LogP contribution in [-0.4, -0.2) is 5.78 Å². The minimum atomic E-state index is -0.687. The van der Waals surface area contributed by atoms with Crippen molar-refractivity contribution in [2.45, 2.75) is 27.7 Å². The number of hydrogen-bond acceptors (Lipinski definition) is 1. The zero-order valence-electron chi connectivity index (χ0n) is 12.0. The van der Waals surface area contributed by atoms with Crippen molar-refractivity contribution in [2.24, 2.45) is 0 Å². The molecule has 0 unspecified atom stereocenters. The van der Waals surface area contributed by atoms with Gasteiger partial charge in [0.05, 0.1) is 5.56 Å². The van der Waals surface area contributed by atoms with Gasteiger partial charge in [0.2, 0.25) is 0 Å². The predicted molar refractivity (Wildman–Crippen MR) is 75.2 cm³/mol. The summed E-state index contributed by atoms with van der Waals surface area (Å²) in [5.41, 5.74) is 2.99. The van der Waals surface area contributed by atoms with E-state index in [1.54, 1.807) is 13.8 Å². The molecular weight excluding hydrogens is 258 g/mol. The number of carbonyl (C=O) groups excluding carboxylic acids is 1. The molecule has 2 rings (SSSR count). The van der Waals surface area contributed by atoms with Gasteiger partial charge in [-0.25, -0.2) is 8.78 Å². The first-order valence-electron chi connectivity index (χ1n) is 6.39. The normalized spacial score (nSPS) is 10.7. The van der Waals surface area contributed by atoms with Gasteiger partial charge in [0.1, 0.15) is 11.6 Å². The second kappa shape index (κ2) is 5.16. The maximum absolute atomic E-state index is 13.9. The molecule has 0 aliphatic carbocycles. The summed E-state index contributed by atoms with van der Waals surface area (Å²) in [7, 11) is 0. The third-order valence-electron chi connectivity index (χ3n) is 3.40. The smallest absolute Gasteiger partial charge is 0.196 e. The fourth-order valence-electron chi connectivity index (χ4n) is 2.49. The lowest BCUT2D eigenvalue weighted by Gasteiger charge is -2.11. The van der Waals surface area contributed by atoms with Crippen LogP contribution in [-0.2, 0) is 0 Å². The van der Waals surface area contributed by atoms with Crippen molar-refractivity contribution in [3.63, 3.8) is 0 Å². The number of rotatable bonds is 2. The largest absolute Gasteiger partial charge is 0.288 e. The average molecular weight is 274 g/mol. The number of halogens is 2. The third-order valence-corrected chi connectivity index (χ3v) is 3.40. The second-order valence-electron chi connectivity index (χ2n) is 5.18.